The zero-order valence-corrected chi connectivity index (χ0v) is 22.8. The molecule has 1 saturated heterocycles. The lowest BCUT2D eigenvalue weighted by Gasteiger charge is -2.34. The Bertz CT molecular complexity index is 1360. The van der Waals surface area contributed by atoms with Crippen LogP contribution in [0.15, 0.2) is 17.1 Å². The van der Waals surface area contributed by atoms with Crippen molar-refractivity contribution in [1.82, 2.24) is 9.47 Å². The van der Waals surface area contributed by atoms with Gasteiger partial charge in [-0.1, -0.05) is 0 Å². The monoisotopic (exact) mass is 550 g/mol. The molecular formula is C26H32ClFN4O6. The summed E-state index contributed by atoms with van der Waals surface area (Å²) in [4.78, 5) is 40.4. The van der Waals surface area contributed by atoms with Crippen LogP contribution in [0.3, 0.4) is 0 Å². The summed E-state index contributed by atoms with van der Waals surface area (Å²) >= 11 is 0. The van der Waals surface area contributed by atoms with E-state index >= 15 is 4.39 Å². The van der Waals surface area contributed by atoms with Crippen molar-refractivity contribution in [1.29, 1.82) is 5.26 Å². The number of nitriles is 1. The zero-order chi connectivity index (χ0) is 27.2. The molecule has 3 heterocycles. The second kappa shape index (κ2) is 10.7. The summed E-state index contributed by atoms with van der Waals surface area (Å²) in [5, 5.41) is 18.9. The highest BCUT2D eigenvalue weighted by atomic mass is 35.5. The summed E-state index contributed by atoms with van der Waals surface area (Å²) in [6.45, 7) is 8.10. The van der Waals surface area contributed by atoms with Crippen molar-refractivity contribution < 1.29 is 28.6 Å². The highest BCUT2D eigenvalue weighted by Crippen LogP contribution is 2.44. The molecule has 206 valence electrons. The lowest BCUT2D eigenvalue weighted by Crippen LogP contribution is -2.45. The number of benzene rings is 1. The molecule has 38 heavy (non-hydrogen) atoms. The van der Waals surface area contributed by atoms with Crippen LogP contribution in [-0.2, 0) is 4.74 Å². The Morgan fingerprint density at radius 2 is 2.08 bits per heavy atom. The number of amides is 1. The van der Waals surface area contributed by atoms with E-state index in [-0.39, 0.29) is 54.2 Å². The predicted molar refractivity (Wildman–Crippen MR) is 141 cm³/mol. The first-order valence-electron chi connectivity index (χ1n) is 12.2. The van der Waals surface area contributed by atoms with Crippen molar-refractivity contribution in [2.45, 2.75) is 58.2 Å². The number of nitrogens with zero attached hydrogens (tertiary/aromatic N) is 4. The number of carboxylic acid groups (broad SMARTS) is 1. The van der Waals surface area contributed by atoms with E-state index in [1.54, 1.807) is 37.3 Å². The highest BCUT2D eigenvalue weighted by Gasteiger charge is 2.38. The van der Waals surface area contributed by atoms with Crippen LogP contribution in [0.1, 0.15) is 56.9 Å². The average Bonchev–Trinajstić information content (AvgIpc) is 3.28. The number of ether oxygens (including phenoxy) is 2. The van der Waals surface area contributed by atoms with E-state index in [0.717, 1.165) is 6.07 Å². The minimum absolute atomic E-state index is 0. The molecule has 10 nitrogen and oxygen atoms in total. The minimum atomic E-state index is -1.37. The van der Waals surface area contributed by atoms with Crippen molar-refractivity contribution in [3.05, 3.63) is 33.9 Å². The highest BCUT2D eigenvalue weighted by molar-refractivity contribution is 5.97. The smallest absolute Gasteiger partial charge is 0.410 e. The Hall–Kier alpha value is -3.52. The van der Waals surface area contributed by atoms with Crippen LogP contribution in [0.25, 0.3) is 10.9 Å². The van der Waals surface area contributed by atoms with Gasteiger partial charge < -0.3 is 28.9 Å². The Balaban J connectivity index is 0.00000400. The van der Waals surface area contributed by atoms with E-state index in [0.29, 0.717) is 25.0 Å². The maximum Gasteiger partial charge on any atom is 0.410 e. The molecule has 4 rings (SSSR count). The van der Waals surface area contributed by atoms with E-state index < -0.39 is 40.5 Å². The molecule has 1 aromatic heterocycles. The molecule has 0 aliphatic carbocycles. The Kier molecular flexibility index (Phi) is 8.17. The molecule has 0 spiro atoms. The van der Waals surface area contributed by atoms with Gasteiger partial charge in [-0.3, -0.25) is 4.79 Å². The summed E-state index contributed by atoms with van der Waals surface area (Å²) in [6, 6.07) is 2.52. The topological polar surface area (TPSA) is 125 Å². The molecule has 12 heteroatoms. The van der Waals surface area contributed by atoms with E-state index in [1.807, 2.05) is 6.92 Å². The molecule has 3 atom stereocenters. The lowest BCUT2D eigenvalue weighted by molar-refractivity contribution is 0.0177. The van der Waals surface area contributed by atoms with E-state index in [1.165, 1.54) is 11.1 Å². The number of aromatic carboxylic acids is 1. The third-order valence-electron chi connectivity index (χ3n) is 6.94. The van der Waals surface area contributed by atoms with Crippen molar-refractivity contribution >= 4 is 41.1 Å². The van der Waals surface area contributed by atoms with E-state index in [4.69, 9.17) is 9.47 Å². The molecule has 2 aromatic rings. The third kappa shape index (κ3) is 5.23. The first-order valence-corrected chi connectivity index (χ1v) is 12.2. The van der Waals surface area contributed by atoms with Crippen LogP contribution in [-0.4, -0.2) is 65.0 Å². The van der Waals surface area contributed by atoms with Crippen LogP contribution >= 0.6 is 12.4 Å². The SMILES string of the molecule is CC1COc2c(N3CCC(C(CC#N)N(C)C(=O)OC(C)(C)C)C3)c(F)cc3c(=O)c(C(=O)O)cn1c23.Cl. The predicted octanol–water partition coefficient (Wildman–Crippen LogP) is 4.19. The average molecular weight is 551 g/mol. The van der Waals surface area contributed by atoms with E-state index in [9.17, 15) is 24.8 Å². The fraction of sp³-hybridized carbons (Fsp3) is 0.538. The van der Waals surface area contributed by atoms with Crippen LogP contribution in [0, 0.1) is 23.1 Å². The molecular weight excluding hydrogens is 519 g/mol. The molecule has 0 bridgehead atoms. The van der Waals surface area contributed by atoms with Gasteiger partial charge in [-0.25, -0.2) is 14.0 Å². The number of halogens is 2. The Labute approximate surface area is 225 Å². The molecule has 3 unspecified atom stereocenters. The first-order chi connectivity index (χ1) is 17.3. The lowest BCUT2D eigenvalue weighted by atomic mass is 9.95. The number of carbonyl (C=O) groups excluding carboxylic acids is 1. The molecule has 1 aromatic carbocycles. The Morgan fingerprint density at radius 3 is 2.68 bits per heavy atom. The van der Waals surface area contributed by atoms with Crippen LogP contribution in [0.2, 0.25) is 0 Å². The normalized spacial score (nSPS) is 19.2. The quantitative estimate of drug-likeness (QED) is 0.587. The number of anilines is 1. The number of rotatable bonds is 5. The summed E-state index contributed by atoms with van der Waals surface area (Å²) in [6.07, 6.45) is 1.44. The number of carbonyl (C=O) groups is 2. The molecule has 0 radical (unpaired) electrons. The third-order valence-corrected chi connectivity index (χ3v) is 6.94. The maximum atomic E-state index is 15.6. The van der Waals surface area contributed by atoms with E-state index in [2.05, 4.69) is 6.07 Å². The van der Waals surface area contributed by atoms with Gasteiger partial charge >= 0.3 is 12.1 Å². The van der Waals surface area contributed by atoms with Gasteiger partial charge in [0.25, 0.3) is 0 Å². The van der Waals surface area contributed by atoms with Crippen LogP contribution in [0.5, 0.6) is 5.75 Å². The molecule has 1 fully saturated rings. The first kappa shape index (κ1) is 29.0. The van der Waals surface area contributed by atoms with Gasteiger partial charge in [-0.15, -0.1) is 12.4 Å². The van der Waals surface area contributed by atoms with Crippen LogP contribution < -0.4 is 15.1 Å². The largest absolute Gasteiger partial charge is 0.487 e. The summed E-state index contributed by atoms with van der Waals surface area (Å²) in [7, 11) is 1.60. The number of hydrogen-bond acceptors (Lipinski definition) is 7. The fourth-order valence-electron chi connectivity index (χ4n) is 5.15. The zero-order valence-electron chi connectivity index (χ0n) is 22.0. The summed E-state index contributed by atoms with van der Waals surface area (Å²) < 4.78 is 28.7. The van der Waals surface area contributed by atoms with Crippen molar-refractivity contribution in [3.8, 4) is 11.8 Å². The summed E-state index contributed by atoms with van der Waals surface area (Å²) in [5.74, 6) is -2.01. The number of hydrogen-bond donors (Lipinski definition) is 1. The number of pyridine rings is 1. The molecule has 1 N–H and O–H groups in total. The Morgan fingerprint density at radius 1 is 1.39 bits per heavy atom. The van der Waals surface area contributed by atoms with Crippen LogP contribution in [0.4, 0.5) is 14.9 Å². The van der Waals surface area contributed by atoms with Crippen molar-refractivity contribution in [2.24, 2.45) is 5.92 Å². The maximum absolute atomic E-state index is 15.6. The van der Waals surface area contributed by atoms with Gasteiger partial charge in [0.2, 0.25) is 5.43 Å². The standard InChI is InChI=1S/C26H31FN4O6.ClH/c1-14-13-36-23-20-16(22(32)17(24(33)34)12-31(14)20)10-18(27)21(23)30-9-7-15(11-30)19(6-8-28)29(5)25(35)37-26(2,3)4;/h10,12,14-15,19H,6-7,9,11,13H2,1-5H3,(H,33,34);1H. The number of carboxylic acids is 1. The summed E-state index contributed by atoms with van der Waals surface area (Å²) in [5.41, 5.74) is -1.34. The minimum Gasteiger partial charge on any atom is -0.487 e. The molecule has 2 aliphatic rings. The molecule has 0 saturated carbocycles. The van der Waals surface area contributed by atoms with Gasteiger partial charge in [0.15, 0.2) is 11.6 Å². The molecule has 1 amide bonds. The van der Waals surface area contributed by atoms with Gasteiger partial charge in [0, 0.05) is 26.3 Å². The second-order valence-corrected chi connectivity index (χ2v) is 10.7. The fourth-order valence-corrected chi connectivity index (χ4v) is 5.15. The van der Waals surface area contributed by atoms with Gasteiger partial charge in [0.05, 0.1) is 35.5 Å². The van der Waals surface area contributed by atoms with Gasteiger partial charge in [0.1, 0.15) is 23.5 Å². The van der Waals surface area contributed by atoms with Crippen molar-refractivity contribution in [3.63, 3.8) is 0 Å². The number of aromatic nitrogens is 1. The second-order valence-electron chi connectivity index (χ2n) is 10.7. The van der Waals surface area contributed by atoms with Gasteiger partial charge in [-0.2, -0.15) is 5.26 Å². The van der Waals surface area contributed by atoms with Crippen molar-refractivity contribution in [2.75, 3.05) is 31.6 Å². The molecule has 2 aliphatic heterocycles. The van der Waals surface area contributed by atoms with Gasteiger partial charge in [-0.05, 0) is 46.1 Å².